The summed E-state index contributed by atoms with van der Waals surface area (Å²) >= 11 is 9.26. The van der Waals surface area contributed by atoms with E-state index in [1.54, 1.807) is 6.07 Å². The van der Waals surface area contributed by atoms with E-state index in [4.69, 9.17) is 11.6 Å². The molecule has 0 unspecified atom stereocenters. The Kier molecular flexibility index (Phi) is 4.56. The van der Waals surface area contributed by atoms with Gasteiger partial charge in [-0.3, -0.25) is 10.1 Å². The topological polar surface area (TPSA) is 46.4 Å². The summed E-state index contributed by atoms with van der Waals surface area (Å²) in [6, 6.07) is 3.14. The van der Waals surface area contributed by atoms with Crippen molar-refractivity contribution in [2.24, 2.45) is 0 Å². The van der Waals surface area contributed by atoms with Gasteiger partial charge in [0.1, 0.15) is 5.69 Å². The molecule has 0 saturated carbocycles. The first-order valence-corrected chi connectivity index (χ1v) is 6.06. The van der Waals surface area contributed by atoms with Gasteiger partial charge in [-0.15, -0.1) is 0 Å². The fourth-order valence-electron chi connectivity index (χ4n) is 1.54. The Bertz CT molecular complexity index is 408. The molecule has 6 heteroatoms. The monoisotopic (exact) mass is 306 g/mol. The van der Waals surface area contributed by atoms with Gasteiger partial charge >= 0.3 is 0 Å². The van der Waals surface area contributed by atoms with E-state index in [-0.39, 0.29) is 5.69 Å². The molecule has 0 aromatic heterocycles. The third-order valence-corrected chi connectivity index (χ3v) is 3.03. The molecule has 0 amide bonds. The Morgan fingerprint density at radius 2 is 2.00 bits per heavy atom. The lowest BCUT2D eigenvalue weighted by Gasteiger charge is -2.22. The largest absolute Gasteiger partial charge is 0.365 e. The van der Waals surface area contributed by atoms with Crippen molar-refractivity contribution < 1.29 is 4.92 Å². The minimum Gasteiger partial charge on any atom is -0.365 e. The summed E-state index contributed by atoms with van der Waals surface area (Å²) in [6.45, 7) is 5.23. The van der Waals surface area contributed by atoms with E-state index in [1.165, 1.54) is 6.07 Å². The van der Waals surface area contributed by atoms with Crippen molar-refractivity contribution in [2.75, 3.05) is 18.0 Å². The number of benzene rings is 1. The maximum Gasteiger partial charge on any atom is 0.295 e. The van der Waals surface area contributed by atoms with Crippen molar-refractivity contribution in [3.63, 3.8) is 0 Å². The molecule has 0 aliphatic heterocycles. The van der Waals surface area contributed by atoms with Crippen LogP contribution >= 0.6 is 27.5 Å². The zero-order valence-electron chi connectivity index (χ0n) is 9.04. The van der Waals surface area contributed by atoms with Gasteiger partial charge in [0.15, 0.2) is 0 Å². The third kappa shape index (κ3) is 2.65. The second-order valence-electron chi connectivity index (χ2n) is 3.18. The van der Waals surface area contributed by atoms with E-state index in [0.717, 1.165) is 0 Å². The number of halogens is 2. The van der Waals surface area contributed by atoms with Crippen LogP contribution in [0.4, 0.5) is 11.4 Å². The summed E-state index contributed by atoms with van der Waals surface area (Å²) < 4.78 is 0.611. The molecule has 0 bridgehead atoms. The lowest BCUT2D eigenvalue weighted by molar-refractivity contribution is -0.384. The minimum absolute atomic E-state index is 0.0306. The minimum atomic E-state index is -0.412. The molecule has 88 valence electrons. The van der Waals surface area contributed by atoms with Crippen LogP contribution in [0.25, 0.3) is 0 Å². The van der Waals surface area contributed by atoms with Crippen LogP contribution in [0.3, 0.4) is 0 Å². The molecular formula is C10H12BrClN2O2. The lowest BCUT2D eigenvalue weighted by atomic mass is 10.2. The predicted molar refractivity (Wildman–Crippen MR) is 69.4 cm³/mol. The molecule has 0 aliphatic carbocycles. The second-order valence-corrected chi connectivity index (χ2v) is 4.51. The van der Waals surface area contributed by atoms with Crippen molar-refractivity contribution >= 4 is 38.9 Å². The van der Waals surface area contributed by atoms with Crippen molar-refractivity contribution in [1.82, 2.24) is 0 Å². The number of rotatable bonds is 4. The van der Waals surface area contributed by atoms with Gasteiger partial charge in [0, 0.05) is 23.6 Å². The Labute approximate surface area is 107 Å². The highest BCUT2D eigenvalue weighted by molar-refractivity contribution is 9.10. The highest BCUT2D eigenvalue weighted by Crippen LogP contribution is 2.38. The number of hydrogen-bond acceptors (Lipinski definition) is 3. The molecule has 0 heterocycles. The van der Waals surface area contributed by atoms with Crippen LogP contribution in [0.15, 0.2) is 16.6 Å². The number of nitro groups is 1. The fraction of sp³-hybridized carbons (Fsp3) is 0.400. The summed E-state index contributed by atoms with van der Waals surface area (Å²) in [6.07, 6.45) is 0. The van der Waals surface area contributed by atoms with Crippen LogP contribution in [-0.4, -0.2) is 18.0 Å². The average Bonchev–Trinajstić information content (AvgIpc) is 2.21. The summed E-state index contributed by atoms with van der Waals surface area (Å²) in [5.41, 5.74) is 0.517. The van der Waals surface area contributed by atoms with Crippen molar-refractivity contribution in [1.29, 1.82) is 0 Å². The van der Waals surface area contributed by atoms with Gasteiger partial charge in [-0.25, -0.2) is 0 Å². The van der Waals surface area contributed by atoms with Crippen LogP contribution in [0.2, 0.25) is 5.02 Å². The lowest BCUT2D eigenvalue weighted by Crippen LogP contribution is -2.23. The van der Waals surface area contributed by atoms with E-state index in [9.17, 15) is 10.1 Å². The average molecular weight is 308 g/mol. The Morgan fingerprint density at radius 3 is 2.44 bits per heavy atom. The van der Waals surface area contributed by atoms with E-state index >= 15 is 0 Å². The van der Waals surface area contributed by atoms with Gasteiger partial charge in [-0.05, 0) is 19.9 Å². The Hall–Kier alpha value is -0.810. The van der Waals surface area contributed by atoms with Crippen LogP contribution in [0.5, 0.6) is 0 Å². The van der Waals surface area contributed by atoms with Crippen molar-refractivity contribution in [2.45, 2.75) is 13.8 Å². The van der Waals surface area contributed by atoms with Gasteiger partial charge in [-0.1, -0.05) is 27.5 Å². The molecular weight excluding hydrogens is 295 g/mol. The molecule has 0 saturated heterocycles. The maximum absolute atomic E-state index is 11.0. The number of nitrogens with zero attached hydrogens (tertiary/aromatic N) is 2. The zero-order chi connectivity index (χ0) is 12.3. The van der Waals surface area contributed by atoms with Gasteiger partial charge in [0.25, 0.3) is 5.69 Å². The van der Waals surface area contributed by atoms with Crippen LogP contribution < -0.4 is 4.90 Å². The molecule has 0 N–H and O–H groups in total. The summed E-state index contributed by atoms with van der Waals surface area (Å²) in [5.74, 6) is 0. The first-order valence-electron chi connectivity index (χ1n) is 4.89. The Balaban J connectivity index is 3.39. The van der Waals surface area contributed by atoms with Gasteiger partial charge < -0.3 is 4.90 Å². The van der Waals surface area contributed by atoms with E-state index < -0.39 is 4.92 Å². The number of anilines is 1. The van der Waals surface area contributed by atoms with Gasteiger partial charge in [0.2, 0.25) is 0 Å². The molecule has 0 spiro atoms. The van der Waals surface area contributed by atoms with Gasteiger partial charge in [0.05, 0.1) is 9.95 Å². The fourth-order valence-corrected chi connectivity index (χ4v) is 2.46. The first-order chi connectivity index (χ1) is 7.51. The third-order valence-electron chi connectivity index (χ3n) is 2.28. The zero-order valence-corrected chi connectivity index (χ0v) is 11.4. The molecule has 16 heavy (non-hydrogen) atoms. The summed E-state index contributed by atoms with van der Waals surface area (Å²) in [4.78, 5) is 12.4. The molecule has 1 aromatic rings. The smallest absolute Gasteiger partial charge is 0.295 e. The SMILES string of the molecule is CCN(CC)c1c(Cl)cc(Br)cc1[N+](=O)[O-]. The number of hydrogen-bond donors (Lipinski definition) is 0. The maximum atomic E-state index is 11.0. The second kappa shape index (κ2) is 5.50. The van der Waals surface area contributed by atoms with E-state index in [2.05, 4.69) is 15.9 Å². The highest BCUT2D eigenvalue weighted by Gasteiger charge is 2.22. The predicted octanol–water partition coefficient (Wildman–Crippen LogP) is 3.86. The summed E-state index contributed by atoms with van der Waals surface area (Å²) in [7, 11) is 0. The molecule has 1 aromatic carbocycles. The number of nitro benzene ring substituents is 1. The standard InChI is InChI=1S/C10H12BrClN2O2/c1-3-13(4-2)10-8(12)5-7(11)6-9(10)14(15)16/h5-6H,3-4H2,1-2H3. The molecule has 0 radical (unpaired) electrons. The summed E-state index contributed by atoms with van der Waals surface area (Å²) in [5, 5.41) is 11.4. The Morgan fingerprint density at radius 1 is 1.44 bits per heavy atom. The van der Waals surface area contributed by atoms with Gasteiger partial charge in [-0.2, -0.15) is 0 Å². The van der Waals surface area contributed by atoms with E-state index in [1.807, 2.05) is 18.7 Å². The van der Waals surface area contributed by atoms with E-state index in [0.29, 0.717) is 28.3 Å². The molecule has 0 atom stereocenters. The highest BCUT2D eigenvalue weighted by atomic mass is 79.9. The molecule has 0 aliphatic rings. The quantitative estimate of drug-likeness (QED) is 0.627. The normalized spacial score (nSPS) is 10.2. The molecule has 4 nitrogen and oxygen atoms in total. The van der Waals surface area contributed by atoms with Crippen LogP contribution in [0.1, 0.15) is 13.8 Å². The van der Waals surface area contributed by atoms with Crippen molar-refractivity contribution in [3.8, 4) is 0 Å². The van der Waals surface area contributed by atoms with Crippen LogP contribution in [0, 0.1) is 10.1 Å². The van der Waals surface area contributed by atoms with Crippen molar-refractivity contribution in [3.05, 3.63) is 31.7 Å². The van der Waals surface area contributed by atoms with Crippen LogP contribution in [-0.2, 0) is 0 Å². The first kappa shape index (κ1) is 13.3. The molecule has 0 fully saturated rings. The molecule has 1 rings (SSSR count).